The normalized spacial score (nSPS) is 39.5. The minimum Gasteiger partial charge on any atom is -0.462 e. The maximum absolute atomic E-state index is 10.5. The number of aliphatic hydroxyl groups is 6. The second kappa shape index (κ2) is 9.69. The number of hydrogen-bond acceptors (Lipinski definition) is 10. The lowest BCUT2D eigenvalue weighted by atomic mass is 9.98. The molecule has 10 heteroatoms. The first kappa shape index (κ1) is 23.1. The van der Waals surface area contributed by atoms with Crippen LogP contribution < -0.4 is 4.74 Å². The van der Waals surface area contributed by atoms with Gasteiger partial charge in [-0.2, -0.15) is 0 Å². The Morgan fingerprint density at radius 2 is 1.80 bits per heavy atom. The van der Waals surface area contributed by atoms with Crippen LogP contribution in [0.3, 0.4) is 0 Å². The van der Waals surface area contributed by atoms with E-state index in [0.717, 1.165) is 5.56 Å². The Balaban J connectivity index is 1.78. The zero-order chi connectivity index (χ0) is 21.9. The molecule has 8 atom stereocenters. The van der Waals surface area contributed by atoms with Crippen molar-refractivity contribution in [2.75, 3.05) is 19.8 Å². The molecule has 2 heterocycles. The van der Waals surface area contributed by atoms with Gasteiger partial charge in [0.2, 0.25) is 6.29 Å². The van der Waals surface area contributed by atoms with E-state index in [1.807, 2.05) is 19.1 Å². The van der Waals surface area contributed by atoms with Gasteiger partial charge in [0, 0.05) is 0 Å². The van der Waals surface area contributed by atoms with Gasteiger partial charge in [-0.3, -0.25) is 0 Å². The van der Waals surface area contributed by atoms with E-state index in [9.17, 15) is 30.6 Å². The van der Waals surface area contributed by atoms with Gasteiger partial charge >= 0.3 is 0 Å². The third-order valence-electron chi connectivity index (χ3n) is 5.19. The topological polar surface area (TPSA) is 158 Å². The van der Waals surface area contributed by atoms with Crippen molar-refractivity contribution in [1.82, 2.24) is 0 Å². The molecule has 6 N–H and O–H groups in total. The number of benzene rings is 1. The van der Waals surface area contributed by atoms with Crippen LogP contribution in [0.1, 0.15) is 12.5 Å². The highest BCUT2D eigenvalue weighted by molar-refractivity contribution is 5.50. The number of aliphatic hydroxyl groups excluding tert-OH is 5. The average molecular weight is 428 g/mol. The Hall–Kier alpha value is -1.60. The molecule has 0 aliphatic carbocycles. The van der Waals surface area contributed by atoms with E-state index in [1.54, 1.807) is 24.3 Å². The number of rotatable bonds is 7. The van der Waals surface area contributed by atoms with Crippen LogP contribution in [0.25, 0.3) is 6.08 Å². The Morgan fingerprint density at radius 3 is 2.37 bits per heavy atom. The molecule has 2 fully saturated rings. The van der Waals surface area contributed by atoms with Gasteiger partial charge in [0.15, 0.2) is 12.4 Å². The highest BCUT2D eigenvalue weighted by atomic mass is 16.8. The molecule has 168 valence electrons. The summed E-state index contributed by atoms with van der Waals surface area (Å²) >= 11 is 0. The molecule has 1 aromatic carbocycles. The van der Waals surface area contributed by atoms with E-state index in [0.29, 0.717) is 5.75 Å². The van der Waals surface area contributed by atoms with Gasteiger partial charge in [0.1, 0.15) is 35.8 Å². The minimum atomic E-state index is -1.92. The van der Waals surface area contributed by atoms with Crippen molar-refractivity contribution < 1.29 is 49.6 Å². The van der Waals surface area contributed by atoms with Crippen molar-refractivity contribution in [3.63, 3.8) is 0 Å². The van der Waals surface area contributed by atoms with Crippen molar-refractivity contribution >= 4 is 6.08 Å². The van der Waals surface area contributed by atoms with Crippen LogP contribution in [0.2, 0.25) is 0 Å². The average Bonchev–Trinajstić information content (AvgIpc) is 3.03. The van der Waals surface area contributed by atoms with Gasteiger partial charge in [0.25, 0.3) is 0 Å². The van der Waals surface area contributed by atoms with Crippen molar-refractivity contribution in [2.45, 2.75) is 55.6 Å². The van der Waals surface area contributed by atoms with Gasteiger partial charge in [-0.1, -0.05) is 24.3 Å². The Bertz CT molecular complexity index is 710. The summed E-state index contributed by atoms with van der Waals surface area (Å²) in [7, 11) is 0. The van der Waals surface area contributed by atoms with Crippen LogP contribution >= 0.6 is 0 Å². The molecular weight excluding hydrogens is 400 g/mol. The predicted octanol–water partition coefficient (Wildman–Crippen LogP) is -1.64. The maximum atomic E-state index is 10.5. The lowest BCUT2D eigenvalue weighted by Crippen LogP contribution is -2.62. The molecule has 0 amide bonds. The largest absolute Gasteiger partial charge is 0.462 e. The molecule has 2 aliphatic rings. The summed E-state index contributed by atoms with van der Waals surface area (Å²) in [4.78, 5) is 0. The van der Waals surface area contributed by atoms with E-state index >= 15 is 0 Å². The summed E-state index contributed by atoms with van der Waals surface area (Å²) < 4.78 is 22.1. The third kappa shape index (κ3) is 4.67. The van der Waals surface area contributed by atoms with Gasteiger partial charge in [0.05, 0.1) is 19.8 Å². The monoisotopic (exact) mass is 428 g/mol. The molecule has 0 aromatic heterocycles. The quantitative estimate of drug-likeness (QED) is 0.298. The Labute approximate surface area is 173 Å². The second-order valence-corrected chi connectivity index (χ2v) is 7.38. The maximum Gasteiger partial charge on any atom is 0.229 e. The molecule has 1 aromatic rings. The van der Waals surface area contributed by atoms with E-state index in [4.69, 9.17) is 18.9 Å². The molecular formula is C20H28O10. The summed E-state index contributed by atoms with van der Waals surface area (Å²) in [6.07, 6.45) is -6.02. The zero-order valence-electron chi connectivity index (χ0n) is 16.4. The van der Waals surface area contributed by atoms with Crippen LogP contribution in [0.15, 0.2) is 30.3 Å². The van der Waals surface area contributed by atoms with Crippen LogP contribution in [0, 0.1) is 0 Å². The zero-order valence-corrected chi connectivity index (χ0v) is 16.4. The van der Waals surface area contributed by atoms with Crippen molar-refractivity contribution in [3.8, 4) is 5.75 Å². The van der Waals surface area contributed by atoms with E-state index in [1.165, 1.54) is 0 Å². The molecule has 0 bridgehead atoms. The first-order chi connectivity index (χ1) is 14.3. The minimum absolute atomic E-state index is 0.377. The molecule has 0 radical (unpaired) electrons. The second-order valence-electron chi connectivity index (χ2n) is 7.38. The van der Waals surface area contributed by atoms with Crippen LogP contribution in [-0.4, -0.2) is 99.2 Å². The van der Waals surface area contributed by atoms with Gasteiger partial charge in [-0.15, -0.1) is 0 Å². The first-order valence-electron chi connectivity index (χ1n) is 9.63. The molecule has 10 nitrogen and oxygen atoms in total. The number of allylic oxidation sites excluding steroid dienone is 1. The first-order valence-corrected chi connectivity index (χ1v) is 9.63. The van der Waals surface area contributed by atoms with Gasteiger partial charge in [-0.05, 0) is 24.6 Å². The molecule has 2 saturated heterocycles. The molecule has 3 rings (SSSR count). The lowest BCUT2D eigenvalue weighted by molar-refractivity contribution is -0.318. The fourth-order valence-electron chi connectivity index (χ4n) is 3.34. The van der Waals surface area contributed by atoms with Crippen molar-refractivity contribution in [1.29, 1.82) is 0 Å². The highest BCUT2D eigenvalue weighted by Crippen LogP contribution is 2.32. The van der Waals surface area contributed by atoms with Gasteiger partial charge < -0.3 is 49.6 Å². The predicted molar refractivity (Wildman–Crippen MR) is 102 cm³/mol. The summed E-state index contributed by atoms with van der Waals surface area (Å²) in [5, 5.41) is 59.8. The molecule has 30 heavy (non-hydrogen) atoms. The van der Waals surface area contributed by atoms with Crippen LogP contribution in [0.4, 0.5) is 0 Å². The van der Waals surface area contributed by atoms with Crippen LogP contribution in [0.5, 0.6) is 5.75 Å². The summed E-state index contributed by atoms with van der Waals surface area (Å²) in [5.41, 5.74) is -0.979. The Kier molecular flexibility index (Phi) is 7.45. The Morgan fingerprint density at radius 1 is 1.10 bits per heavy atom. The molecule has 0 unspecified atom stereocenters. The van der Waals surface area contributed by atoms with Crippen molar-refractivity contribution in [2.24, 2.45) is 0 Å². The third-order valence-corrected chi connectivity index (χ3v) is 5.19. The summed E-state index contributed by atoms with van der Waals surface area (Å²) in [6.45, 7) is 0.170. The fourth-order valence-corrected chi connectivity index (χ4v) is 3.34. The molecule has 2 aliphatic heterocycles. The molecule has 0 saturated carbocycles. The summed E-state index contributed by atoms with van der Waals surface area (Å²) in [5.74, 6) is 0.377. The van der Waals surface area contributed by atoms with Crippen LogP contribution in [-0.2, 0) is 14.2 Å². The standard InChI is InChI=1S/C20H28O10/c1-2-3-11-4-6-12(7-5-11)28-18-16(15(24)14(23)13(8-21)29-18)30-19-17(25)20(26,9-22)10-27-19/h2-7,13-19,21-26H,8-10H2,1H3/t13-,14-,15+,16-,17-,18-,19+,20+/m1/s1. The highest BCUT2D eigenvalue weighted by Gasteiger charge is 2.53. The summed E-state index contributed by atoms with van der Waals surface area (Å²) in [6, 6.07) is 6.95. The number of hydrogen-bond donors (Lipinski definition) is 6. The SMILES string of the molecule is CC=Cc1ccc(O[C@@H]2O[C@H](CO)[C@@H](O)[C@H](O)[C@H]2O[C@@H]2OC[C@@](O)(CO)[C@@H]2O)cc1. The fraction of sp³-hybridized carbons (Fsp3) is 0.600. The molecule has 0 spiro atoms. The van der Waals surface area contributed by atoms with Gasteiger partial charge in [-0.25, -0.2) is 0 Å². The van der Waals surface area contributed by atoms with Crippen molar-refractivity contribution in [3.05, 3.63) is 35.9 Å². The number of ether oxygens (including phenoxy) is 4. The smallest absolute Gasteiger partial charge is 0.229 e. The van der Waals surface area contributed by atoms with E-state index in [-0.39, 0.29) is 0 Å². The lowest BCUT2D eigenvalue weighted by Gasteiger charge is -2.42. The van der Waals surface area contributed by atoms with E-state index < -0.39 is 68.5 Å². The van der Waals surface area contributed by atoms with E-state index in [2.05, 4.69) is 0 Å².